The lowest BCUT2D eigenvalue weighted by Gasteiger charge is -2.41. The number of carbonyl (C=O) groups is 1. The summed E-state index contributed by atoms with van der Waals surface area (Å²) in [5, 5.41) is 10.3. The van der Waals surface area contributed by atoms with Crippen LogP contribution in [0.25, 0.3) is 0 Å². The maximum Gasteiger partial charge on any atom is 0.261 e. The Bertz CT molecular complexity index is 994. The van der Waals surface area contributed by atoms with Crippen LogP contribution in [-0.2, 0) is 23.2 Å². The van der Waals surface area contributed by atoms with Gasteiger partial charge >= 0.3 is 0 Å². The number of fused-ring (bicyclic) bond motifs is 3. The molecule has 1 aliphatic heterocycles. The number of aliphatic hydroxyl groups is 1. The topological polar surface area (TPSA) is 82.6 Å². The molecule has 146 valence electrons. The van der Waals surface area contributed by atoms with Crippen molar-refractivity contribution in [1.82, 2.24) is 9.88 Å². The second-order valence-corrected chi connectivity index (χ2v) is 8.08. The molecule has 2 aliphatic carbocycles. The molecule has 1 aromatic heterocycles. The van der Waals surface area contributed by atoms with Gasteiger partial charge < -0.3 is 19.7 Å². The minimum absolute atomic E-state index is 0.114. The van der Waals surface area contributed by atoms with Crippen LogP contribution in [0.2, 0.25) is 0 Å². The number of pyridine rings is 1. The summed E-state index contributed by atoms with van der Waals surface area (Å²) in [6.07, 6.45) is 3.38. The van der Waals surface area contributed by atoms with Gasteiger partial charge in [-0.15, -0.1) is 0 Å². The van der Waals surface area contributed by atoms with E-state index in [1.807, 2.05) is 12.1 Å². The molecule has 6 nitrogen and oxygen atoms in total. The first-order valence-electron chi connectivity index (χ1n) is 10.0. The SMILES string of the molecule is O=C(c1cc2c([nH]c1=O)CCCC2O)N1CCOC2(CCc3ccccc32)C1. The minimum atomic E-state index is -0.620. The second-order valence-electron chi connectivity index (χ2n) is 8.08. The zero-order valence-electron chi connectivity index (χ0n) is 15.7. The number of aromatic amines is 1. The molecule has 1 fully saturated rings. The number of aliphatic hydroxyl groups excluding tert-OH is 1. The third kappa shape index (κ3) is 2.71. The van der Waals surface area contributed by atoms with Crippen molar-refractivity contribution in [3.05, 3.63) is 68.6 Å². The van der Waals surface area contributed by atoms with Crippen molar-refractivity contribution >= 4 is 5.91 Å². The van der Waals surface area contributed by atoms with E-state index in [2.05, 4.69) is 17.1 Å². The van der Waals surface area contributed by atoms with Gasteiger partial charge in [-0.25, -0.2) is 0 Å². The van der Waals surface area contributed by atoms with Gasteiger partial charge in [0.2, 0.25) is 0 Å². The van der Waals surface area contributed by atoms with Crippen molar-refractivity contribution < 1.29 is 14.6 Å². The van der Waals surface area contributed by atoms with Crippen molar-refractivity contribution in [2.75, 3.05) is 19.7 Å². The third-order valence-electron chi connectivity index (χ3n) is 6.43. The van der Waals surface area contributed by atoms with Crippen LogP contribution in [0.4, 0.5) is 0 Å². The number of morpholine rings is 1. The van der Waals surface area contributed by atoms with Gasteiger partial charge in [0.15, 0.2) is 0 Å². The monoisotopic (exact) mass is 380 g/mol. The van der Waals surface area contributed by atoms with Crippen LogP contribution in [0.15, 0.2) is 35.1 Å². The summed E-state index contributed by atoms with van der Waals surface area (Å²) < 4.78 is 6.19. The lowest BCUT2D eigenvalue weighted by molar-refractivity contribution is -0.104. The standard InChI is InChI=1S/C22H24N2O4/c25-19-7-3-6-18-15(19)12-16(20(26)23-18)21(27)24-10-11-28-22(13-24)9-8-14-4-1-2-5-17(14)22/h1-2,4-5,12,19,25H,3,6-11,13H2,(H,23,26). The molecule has 2 N–H and O–H groups in total. The summed E-state index contributed by atoms with van der Waals surface area (Å²) in [7, 11) is 0. The van der Waals surface area contributed by atoms with Crippen LogP contribution in [0, 0.1) is 0 Å². The molecule has 1 amide bonds. The maximum absolute atomic E-state index is 13.2. The van der Waals surface area contributed by atoms with E-state index in [4.69, 9.17) is 4.74 Å². The smallest absolute Gasteiger partial charge is 0.261 e. The van der Waals surface area contributed by atoms with Gasteiger partial charge in [0.1, 0.15) is 11.2 Å². The van der Waals surface area contributed by atoms with E-state index in [0.717, 1.165) is 36.9 Å². The van der Waals surface area contributed by atoms with E-state index in [0.29, 0.717) is 31.7 Å². The summed E-state index contributed by atoms with van der Waals surface area (Å²) in [4.78, 5) is 30.4. The van der Waals surface area contributed by atoms with E-state index in [1.54, 1.807) is 11.0 Å². The number of aromatic nitrogens is 1. The normalized spacial score (nSPS) is 26.2. The van der Waals surface area contributed by atoms with Gasteiger partial charge in [-0.1, -0.05) is 24.3 Å². The summed E-state index contributed by atoms with van der Waals surface area (Å²) in [6.45, 7) is 1.36. The fraction of sp³-hybridized carbons (Fsp3) is 0.455. The molecule has 0 bridgehead atoms. The number of hydrogen-bond acceptors (Lipinski definition) is 4. The molecule has 1 spiro atoms. The molecule has 3 aliphatic rings. The number of hydrogen-bond donors (Lipinski definition) is 2. The Morgan fingerprint density at radius 1 is 1.29 bits per heavy atom. The summed E-state index contributed by atoms with van der Waals surface area (Å²) >= 11 is 0. The average molecular weight is 380 g/mol. The Balaban J connectivity index is 1.47. The number of rotatable bonds is 1. The molecule has 1 aromatic carbocycles. The van der Waals surface area contributed by atoms with Gasteiger partial charge in [0, 0.05) is 17.8 Å². The Kier molecular flexibility index (Phi) is 4.14. The number of ether oxygens (including phenoxy) is 1. The number of amides is 1. The first-order valence-corrected chi connectivity index (χ1v) is 10.0. The van der Waals surface area contributed by atoms with Crippen LogP contribution in [0.1, 0.15) is 58.1 Å². The lowest BCUT2D eigenvalue weighted by Crippen LogP contribution is -2.51. The Morgan fingerprint density at radius 3 is 3.04 bits per heavy atom. The minimum Gasteiger partial charge on any atom is -0.388 e. The van der Waals surface area contributed by atoms with Crippen LogP contribution >= 0.6 is 0 Å². The van der Waals surface area contributed by atoms with Gasteiger partial charge in [-0.2, -0.15) is 0 Å². The fourth-order valence-electron chi connectivity index (χ4n) is 4.97. The predicted octanol–water partition coefficient (Wildman–Crippen LogP) is 2.06. The van der Waals surface area contributed by atoms with E-state index in [-0.39, 0.29) is 17.0 Å². The molecule has 2 heterocycles. The van der Waals surface area contributed by atoms with Gasteiger partial charge in [-0.05, 0) is 49.3 Å². The number of nitrogens with zero attached hydrogens (tertiary/aromatic N) is 1. The molecule has 2 aromatic rings. The summed E-state index contributed by atoms with van der Waals surface area (Å²) in [5.41, 5.74) is 3.12. The summed E-state index contributed by atoms with van der Waals surface area (Å²) in [6, 6.07) is 9.83. The predicted molar refractivity (Wildman–Crippen MR) is 103 cm³/mol. The number of aryl methyl sites for hydroxylation is 2. The molecule has 1 saturated heterocycles. The first kappa shape index (κ1) is 17.6. The second kappa shape index (κ2) is 6.57. The van der Waals surface area contributed by atoms with E-state index in [1.165, 1.54) is 5.56 Å². The number of carbonyl (C=O) groups excluding carboxylic acids is 1. The molecule has 6 heteroatoms. The highest BCUT2D eigenvalue weighted by Gasteiger charge is 2.44. The summed E-state index contributed by atoms with van der Waals surface area (Å²) in [5.74, 6) is -0.283. The number of H-pyrrole nitrogens is 1. The van der Waals surface area contributed by atoms with Crippen molar-refractivity contribution in [2.24, 2.45) is 0 Å². The van der Waals surface area contributed by atoms with Gasteiger partial charge in [0.25, 0.3) is 11.5 Å². The number of benzene rings is 1. The van der Waals surface area contributed by atoms with Crippen molar-refractivity contribution in [1.29, 1.82) is 0 Å². The van der Waals surface area contributed by atoms with Crippen molar-refractivity contribution in [3.63, 3.8) is 0 Å². The molecule has 2 atom stereocenters. The van der Waals surface area contributed by atoms with Crippen LogP contribution < -0.4 is 5.56 Å². The Labute approximate surface area is 163 Å². The van der Waals surface area contributed by atoms with Crippen molar-refractivity contribution in [2.45, 2.75) is 43.8 Å². The van der Waals surface area contributed by atoms with Crippen LogP contribution in [0.3, 0.4) is 0 Å². The fourth-order valence-corrected chi connectivity index (χ4v) is 4.97. The zero-order valence-corrected chi connectivity index (χ0v) is 15.7. The van der Waals surface area contributed by atoms with Gasteiger partial charge in [-0.3, -0.25) is 9.59 Å². The van der Waals surface area contributed by atoms with E-state index < -0.39 is 11.7 Å². The molecule has 5 rings (SSSR count). The molecule has 0 saturated carbocycles. The molecule has 28 heavy (non-hydrogen) atoms. The van der Waals surface area contributed by atoms with Crippen LogP contribution in [0.5, 0.6) is 0 Å². The van der Waals surface area contributed by atoms with E-state index >= 15 is 0 Å². The molecule has 2 unspecified atom stereocenters. The molecular formula is C22H24N2O4. The third-order valence-corrected chi connectivity index (χ3v) is 6.43. The highest BCUT2D eigenvalue weighted by atomic mass is 16.5. The Morgan fingerprint density at radius 2 is 2.14 bits per heavy atom. The van der Waals surface area contributed by atoms with Gasteiger partial charge in [0.05, 0.1) is 19.3 Å². The van der Waals surface area contributed by atoms with E-state index in [9.17, 15) is 14.7 Å². The zero-order chi connectivity index (χ0) is 19.3. The highest BCUT2D eigenvalue weighted by molar-refractivity contribution is 5.94. The highest BCUT2D eigenvalue weighted by Crippen LogP contribution is 2.42. The molecule has 0 radical (unpaired) electrons. The van der Waals surface area contributed by atoms with Crippen LogP contribution in [-0.4, -0.2) is 40.6 Å². The first-order chi connectivity index (χ1) is 13.6. The Hall–Kier alpha value is -2.44. The quantitative estimate of drug-likeness (QED) is 0.793. The lowest BCUT2D eigenvalue weighted by atomic mass is 9.91. The largest absolute Gasteiger partial charge is 0.388 e. The maximum atomic E-state index is 13.2. The molecular weight excluding hydrogens is 356 g/mol. The average Bonchev–Trinajstić information content (AvgIpc) is 3.05. The number of nitrogens with one attached hydrogen (secondary N) is 1. The van der Waals surface area contributed by atoms with Crippen molar-refractivity contribution in [3.8, 4) is 0 Å².